The smallest absolute Gasteiger partial charge is 0.294 e. The Labute approximate surface area is 171 Å². The maximum absolute atomic E-state index is 12.6. The number of rotatable bonds is 6. The second-order valence-electron chi connectivity index (χ2n) is 5.80. The third-order valence-corrected chi connectivity index (χ3v) is 4.93. The highest BCUT2D eigenvalue weighted by Gasteiger charge is 2.36. The Morgan fingerprint density at radius 3 is 2.68 bits per heavy atom. The molecule has 1 fully saturated rings. The standard InChI is InChI=1S/C20H17ClN2O4S/c1-2-27-16-9-8-14(21)10-13(16)11-17-19(25)23(20(26)28-17)12-18(24)22-15-6-4-3-5-7-15/h3-11H,2,12H2,1H3,(H,22,24). The van der Waals surface area contributed by atoms with Crippen LogP contribution in [0.4, 0.5) is 10.5 Å². The van der Waals surface area contributed by atoms with Gasteiger partial charge < -0.3 is 10.1 Å². The minimum absolute atomic E-state index is 0.209. The Morgan fingerprint density at radius 2 is 1.96 bits per heavy atom. The molecule has 0 spiro atoms. The molecule has 1 saturated heterocycles. The van der Waals surface area contributed by atoms with Gasteiger partial charge in [0.25, 0.3) is 11.1 Å². The van der Waals surface area contributed by atoms with Crippen molar-refractivity contribution in [2.75, 3.05) is 18.5 Å². The maximum atomic E-state index is 12.6. The number of nitrogens with zero attached hydrogens (tertiary/aromatic N) is 1. The Balaban J connectivity index is 1.75. The van der Waals surface area contributed by atoms with E-state index in [2.05, 4.69) is 5.32 Å². The number of halogens is 1. The number of carbonyl (C=O) groups excluding carboxylic acids is 3. The SMILES string of the molecule is CCOc1ccc(Cl)cc1C=C1SC(=O)N(CC(=O)Nc2ccccc2)C1=O. The zero-order valence-electron chi connectivity index (χ0n) is 15.0. The van der Waals surface area contributed by atoms with Gasteiger partial charge in [-0.1, -0.05) is 29.8 Å². The third kappa shape index (κ3) is 4.74. The lowest BCUT2D eigenvalue weighted by Crippen LogP contribution is -2.36. The molecule has 1 heterocycles. The van der Waals surface area contributed by atoms with Gasteiger partial charge in [0.1, 0.15) is 12.3 Å². The highest BCUT2D eigenvalue weighted by atomic mass is 35.5. The first-order valence-electron chi connectivity index (χ1n) is 8.50. The van der Waals surface area contributed by atoms with Gasteiger partial charge in [0.15, 0.2) is 0 Å². The quantitative estimate of drug-likeness (QED) is 0.706. The van der Waals surface area contributed by atoms with Crippen molar-refractivity contribution < 1.29 is 19.1 Å². The summed E-state index contributed by atoms with van der Waals surface area (Å²) in [5, 5.41) is 2.64. The average molecular weight is 417 g/mol. The van der Waals surface area contributed by atoms with Gasteiger partial charge in [0.05, 0.1) is 11.5 Å². The number of hydrogen-bond acceptors (Lipinski definition) is 5. The van der Waals surface area contributed by atoms with Crippen LogP contribution >= 0.6 is 23.4 Å². The van der Waals surface area contributed by atoms with Gasteiger partial charge in [-0.2, -0.15) is 0 Å². The largest absolute Gasteiger partial charge is 0.493 e. The normalized spacial score (nSPS) is 15.2. The number of thioether (sulfide) groups is 1. The van der Waals surface area contributed by atoms with Crippen LogP contribution in [0.5, 0.6) is 5.75 Å². The molecular weight excluding hydrogens is 400 g/mol. The van der Waals surface area contributed by atoms with Crippen molar-refractivity contribution in [3.8, 4) is 5.75 Å². The fourth-order valence-corrected chi connectivity index (χ4v) is 3.57. The molecule has 1 N–H and O–H groups in total. The van der Waals surface area contributed by atoms with Crippen LogP contribution < -0.4 is 10.1 Å². The van der Waals surface area contributed by atoms with E-state index in [1.807, 2.05) is 13.0 Å². The number of carbonyl (C=O) groups is 3. The Morgan fingerprint density at radius 1 is 1.21 bits per heavy atom. The molecule has 0 bridgehead atoms. The second-order valence-corrected chi connectivity index (χ2v) is 7.23. The summed E-state index contributed by atoms with van der Waals surface area (Å²) in [6.07, 6.45) is 1.55. The van der Waals surface area contributed by atoms with Gasteiger partial charge >= 0.3 is 0 Å². The van der Waals surface area contributed by atoms with Crippen LogP contribution in [-0.4, -0.2) is 35.1 Å². The molecule has 2 aromatic rings. The first-order chi connectivity index (χ1) is 13.5. The van der Waals surface area contributed by atoms with Crippen molar-refractivity contribution in [2.45, 2.75) is 6.92 Å². The first kappa shape index (κ1) is 20.0. The third-order valence-electron chi connectivity index (χ3n) is 3.79. The summed E-state index contributed by atoms with van der Waals surface area (Å²) >= 11 is 6.81. The van der Waals surface area contributed by atoms with Gasteiger partial charge in [0.2, 0.25) is 5.91 Å². The van der Waals surface area contributed by atoms with E-state index < -0.39 is 17.1 Å². The van der Waals surface area contributed by atoms with E-state index in [-0.39, 0.29) is 11.4 Å². The van der Waals surface area contributed by atoms with E-state index in [0.29, 0.717) is 28.6 Å². The lowest BCUT2D eigenvalue weighted by atomic mass is 10.2. The van der Waals surface area contributed by atoms with Crippen molar-refractivity contribution in [1.29, 1.82) is 0 Å². The first-order valence-corrected chi connectivity index (χ1v) is 9.70. The molecule has 0 saturated carbocycles. The van der Waals surface area contributed by atoms with Crippen molar-refractivity contribution in [3.63, 3.8) is 0 Å². The Hall–Kier alpha value is -2.77. The van der Waals surface area contributed by atoms with Crippen molar-refractivity contribution in [2.24, 2.45) is 0 Å². The van der Waals surface area contributed by atoms with Gasteiger partial charge in [-0.3, -0.25) is 19.3 Å². The molecule has 3 amide bonds. The molecule has 8 heteroatoms. The highest BCUT2D eigenvalue weighted by molar-refractivity contribution is 8.18. The molecule has 0 radical (unpaired) electrons. The minimum Gasteiger partial charge on any atom is -0.493 e. The number of benzene rings is 2. The number of hydrogen-bond donors (Lipinski definition) is 1. The molecule has 0 aromatic heterocycles. The molecule has 6 nitrogen and oxygen atoms in total. The summed E-state index contributed by atoms with van der Waals surface area (Å²) in [6.45, 7) is 1.94. The summed E-state index contributed by atoms with van der Waals surface area (Å²) < 4.78 is 5.54. The summed E-state index contributed by atoms with van der Waals surface area (Å²) in [5.74, 6) is -0.423. The van der Waals surface area contributed by atoms with Crippen molar-refractivity contribution >= 4 is 52.2 Å². The number of para-hydroxylation sites is 1. The zero-order chi connectivity index (χ0) is 20.1. The summed E-state index contributed by atoms with van der Waals surface area (Å²) in [4.78, 5) is 38.2. The maximum Gasteiger partial charge on any atom is 0.294 e. The molecule has 1 aliphatic heterocycles. The summed E-state index contributed by atoms with van der Waals surface area (Å²) in [7, 11) is 0. The van der Waals surface area contributed by atoms with Crippen LogP contribution in [0.3, 0.4) is 0 Å². The Kier molecular flexibility index (Phi) is 6.38. The number of ether oxygens (including phenoxy) is 1. The average Bonchev–Trinajstić information content (AvgIpc) is 2.92. The second kappa shape index (κ2) is 8.95. The van der Waals surface area contributed by atoms with E-state index >= 15 is 0 Å². The fraction of sp³-hybridized carbons (Fsp3) is 0.150. The minimum atomic E-state index is -0.527. The predicted octanol–water partition coefficient (Wildman–Crippen LogP) is 4.41. The van der Waals surface area contributed by atoms with Crippen molar-refractivity contribution in [3.05, 3.63) is 64.0 Å². The van der Waals surface area contributed by atoms with Gasteiger partial charge in [-0.05, 0) is 55.1 Å². The van der Waals surface area contributed by atoms with E-state index in [1.165, 1.54) is 0 Å². The van der Waals surface area contributed by atoms with E-state index in [4.69, 9.17) is 16.3 Å². The number of anilines is 1. The molecule has 3 rings (SSSR count). The molecule has 0 atom stereocenters. The molecule has 144 valence electrons. The van der Waals surface area contributed by atoms with Crippen LogP contribution in [0.1, 0.15) is 12.5 Å². The lowest BCUT2D eigenvalue weighted by Gasteiger charge is -2.12. The van der Waals surface area contributed by atoms with Gasteiger partial charge in [0, 0.05) is 16.3 Å². The molecular formula is C20H17ClN2O4S. The molecule has 1 aliphatic rings. The topological polar surface area (TPSA) is 75.7 Å². The molecule has 0 unspecified atom stereocenters. The van der Waals surface area contributed by atoms with E-state index in [1.54, 1.807) is 48.5 Å². The van der Waals surface area contributed by atoms with Crippen LogP contribution in [0, 0.1) is 0 Å². The zero-order valence-corrected chi connectivity index (χ0v) is 16.5. The number of amides is 3. The highest BCUT2D eigenvalue weighted by Crippen LogP contribution is 2.34. The van der Waals surface area contributed by atoms with Crippen LogP contribution in [0.15, 0.2) is 53.4 Å². The molecule has 28 heavy (non-hydrogen) atoms. The van der Waals surface area contributed by atoms with E-state index in [9.17, 15) is 14.4 Å². The summed E-state index contributed by atoms with van der Waals surface area (Å²) in [6, 6.07) is 13.9. The van der Waals surface area contributed by atoms with Crippen LogP contribution in [0.2, 0.25) is 5.02 Å². The fourth-order valence-electron chi connectivity index (χ4n) is 2.56. The number of nitrogens with one attached hydrogen (secondary N) is 1. The van der Waals surface area contributed by atoms with Crippen LogP contribution in [0.25, 0.3) is 6.08 Å². The van der Waals surface area contributed by atoms with Gasteiger partial charge in [-0.25, -0.2) is 0 Å². The summed E-state index contributed by atoms with van der Waals surface area (Å²) in [5.41, 5.74) is 1.18. The molecule has 2 aromatic carbocycles. The lowest BCUT2D eigenvalue weighted by molar-refractivity contribution is -0.127. The predicted molar refractivity (Wildman–Crippen MR) is 110 cm³/mol. The monoisotopic (exact) mass is 416 g/mol. The Bertz CT molecular complexity index is 946. The molecule has 0 aliphatic carbocycles. The van der Waals surface area contributed by atoms with Gasteiger partial charge in [-0.15, -0.1) is 0 Å². The van der Waals surface area contributed by atoms with Crippen molar-refractivity contribution in [1.82, 2.24) is 4.90 Å². The van der Waals surface area contributed by atoms with Crippen LogP contribution in [-0.2, 0) is 9.59 Å². The van der Waals surface area contributed by atoms with E-state index in [0.717, 1.165) is 16.7 Å². The number of imide groups is 1.